The predicted molar refractivity (Wildman–Crippen MR) is 103 cm³/mol. The fraction of sp³-hybridized carbons (Fsp3) is 0.200. The van der Waals surface area contributed by atoms with Crippen LogP contribution in [0.25, 0.3) is 0 Å². The lowest BCUT2D eigenvalue weighted by atomic mass is 9.88. The number of nitrogens with one attached hydrogen (secondary N) is 2. The highest BCUT2D eigenvalue weighted by molar-refractivity contribution is 6.08. The molecule has 2 aromatic rings. The smallest absolute Gasteiger partial charge is 0.322 e. The molecule has 4 N–H and O–H groups in total. The molecular weight excluding hydrogens is 377 g/mol. The van der Waals surface area contributed by atoms with E-state index < -0.39 is 29.2 Å². The van der Waals surface area contributed by atoms with Crippen molar-refractivity contribution in [1.29, 1.82) is 0 Å². The molecule has 0 aromatic heterocycles. The molecule has 2 aliphatic heterocycles. The molecule has 0 spiro atoms. The van der Waals surface area contributed by atoms with Gasteiger partial charge in [0.25, 0.3) is 11.8 Å². The number of halogens is 1. The van der Waals surface area contributed by atoms with Crippen LogP contribution >= 0.6 is 0 Å². The number of benzene rings is 2. The minimum absolute atomic E-state index is 0.101. The number of aliphatic imine (C=N–C) groups is 1. The number of rotatable bonds is 4. The van der Waals surface area contributed by atoms with E-state index in [1.54, 1.807) is 37.4 Å². The van der Waals surface area contributed by atoms with E-state index in [9.17, 15) is 18.8 Å². The number of carbonyl (C=O) groups excluding carboxylic acids is 3. The van der Waals surface area contributed by atoms with E-state index in [0.29, 0.717) is 22.5 Å². The van der Waals surface area contributed by atoms with Gasteiger partial charge in [0.2, 0.25) is 0 Å². The maximum Gasteiger partial charge on any atom is 0.322 e. The van der Waals surface area contributed by atoms with Crippen LogP contribution in [0.4, 0.5) is 9.18 Å². The van der Waals surface area contributed by atoms with Crippen molar-refractivity contribution in [1.82, 2.24) is 15.5 Å². The molecule has 4 amide bonds. The van der Waals surface area contributed by atoms with Crippen molar-refractivity contribution in [3.8, 4) is 0 Å². The summed E-state index contributed by atoms with van der Waals surface area (Å²) in [6.07, 6.45) is 0. The van der Waals surface area contributed by atoms with Gasteiger partial charge in [-0.1, -0.05) is 30.3 Å². The summed E-state index contributed by atoms with van der Waals surface area (Å²) in [5, 5.41) is 4.89. The van der Waals surface area contributed by atoms with Crippen LogP contribution in [0.2, 0.25) is 0 Å². The summed E-state index contributed by atoms with van der Waals surface area (Å²) < 4.78 is 13.5. The van der Waals surface area contributed by atoms with Crippen LogP contribution in [-0.2, 0) is 16.9 Å². The monoisotopic (exact) mass is 395 g/mol. The molecule has 148 valence electrons. The highest BCUT2D eigenvalue weighted by atomic mass is 19.1. The lowest BCUT2D eigenvalue weighted by Crippen LogP contribution is -2.52. The molecule has 2 aliphatic rings. The number of fused-ring (bicyclic) bond motifs is 1. The van der Waals surface area contributed by atoms with Gasteiger partial charge in [0.05, 0.1) is 6.54 Å². The van der Waals surface area contributed by atoms with E-state index in [0.717, 1.165) is 0 Å². The number of hydrogen-bond donors (Lipinski definition) is 3. The minimum Gasteiger partial charge on any atom is -0.384 e. The highest BCUT2D eigenvalue weighted by Crippen LogP contribution is 2.31. The molecule has 29 heavy (non-hydrogen) atoms. The number of urea groups is 1. The van der Waals surface area contributed by atoms with Gasteiger partial charge in [-0.2, -0.15) is 0 Å². The molecule has 9 heteroatoms. The molecule has 2 aromatic carbocycles. The van der Waals surface area contributed by atoms with E-state index in [1.807, 2.05) is 0 Å². The quantitative estimate of drug-likeness (QED) is 0.404. The van der Waals surface area contributed by atoms with E-state index in [-0.39, 0.29) is 18.7 Å². The SMILES string of the molecule is CN=C(N)c1ccc([C@]2(CN3Cc4ccc(F)cc4C3=O)NC(=O)NC2=O)cc1. The van der Waals surface area contributed by atoms with Gasteiger partial charge in [-0.25, -0.2) is 9.18 Å². The summed E-state index contributed by atoms with van der Waals surface area (Å²) in [6, 6.07) is 10.1. The van der Waals surface area contributed by atoms with Crippen LogP contribution in [0.1, 0.15) is 27.0 Å². The van der Waals surface area contributed by atoms with Crippen molar-refractivity contribution >= 4 is 23.7 Å². The Kier molecular flexibility index (Phi) is 4.30. The Hall–Kier alpha value is -3.75. The normalized spacial score (nSPS) is 21.2. The molecule has 1 saturated heterocycles. The molecular formula is C20H18FN5O3. The molecule has 0 unspecified atom stereocenters. The number of amides is 4. The molecule has 1 fully saturated rings. The summed E-state index contributed by atoms with van der Waals surface area (Å²) in [6.45, 7) is 0.114. The number of hydrogen-bond acceptors (Lipinski definition) is 4. The maximum atomic E-state index is 13.5. The second kappa shape index (κ2) is 6.69. The zero-order valence-corrected chi connectivity index (χ0v) is 15.5. The maximum absolute atomic E-state index is 13.5. The van der Waals surface area contributed by atoms with Crippen LogP contribution in [0, 0.1) is 5.82 Å². The number of imide groups is 1. The minimum atomic E-state index is -1.47. The van der Waals surface area contributed by atoms with E-state index >= 15 is 0 Å². The Labute approximate surface area is 165 Å². The lowest BCUT2D eigenvalue weighted by Gasteiger charge is -2.31. The average Bonchev–Trinajstić information content (AvgIpc) is 3.17. The van der Waals surface area contributed by atoms with Crippen molar-refractivity contribution in [2.24, 2.45) is 10.7 Å². The third-order valence-electron chi connectivity index (χ3n) is 5.23. The Morgan fingerprint density at radius 3 is 2.55 bits per heavy atom. The van der Waals surface area contributed by atoms with Gasteiger partial charge in [-0.15, -0.1) is 0 Å². The molecule has 0 aliphatic carbocycles. The van der Waals surface area contributed by atoms with Gasteiger partial charge in [0, 0.05) is 24.7 Å². The molecule has 8 nitrogen and oxygen atoms in total. The fourth-order valence-electron chi connectivity index (χ4n) is 3.70. The van der Waals surface area contributed by atoms with Crippen molar-refractivity contribution in [2.45, 2.75) is 12.1 Å². The van der Waals surface area contributed by atoms with Crippen molar-refractivity contribution < 1.29 is 18.8 Å². The standard InChI is InChI=1S/C20H18FN5O3/c1-23-16(22)11-2-5-13(6-3-11)20(18(28)24-19(29)25-20)10-26-9-12-4-7-14(21)8-15(12)17(26)27/h2-8H,9-10H2,1H3,(H2,22,23)(H2,24,25,28,29)/t20-/m0/s1. The third kappa shape index (κ3) is 3.00. The Morgan fingerprint density at radius 1 is 1.21 bits per heavy atom. The number of nitrogens with two attached hydrogens (primary N) is 1. The number of carbonyl (C=O) groups is 3. The lowest BCUT2D eigenvalue weighted by molar-refractivity contribution is -0.124. The van der Waals surface area contributed by atoms with E-state index in [2.05, 4.69) is 15.6 Å². The average molecular weight is 395 g/mol. The van der Waals surface area contributed by atoms with Crippen LogP contribution in [0.3, 0.4) is 0 Å². The second-order valence-corrected chi connectivity index (χ2v) is 6.96. The third-order valence-corrected chi connectivity index (χ3v) is 5.23. The largest absolute Gasteiger partial charge is 0.384 e. The molecule has 1 atom stereocenters. The van der Waals surface area contributed by atoms with Gasteiger partial charge >= 0.3 is 6.03 Å². The molecule has 0 bridgehead atoms. The van der Waals surface area contributed by atoms with Crippen LogP contribution in [-0.4, -0.2) is 42.2 Å². The molecule has 0 saturated carbocycles. The zero-order chi connectivity index (χ0) is 20.8. The zero-order valence-electron chi connectivity index (χ0n) is 15.5. The first kappa shape index (κ1) is 18.6. The second-order valence-electron chi connectivity index (χ2n) is 6.96. The summed E-state index contributed by atoms with van der Waals surface area (Å²) in [7, 11) is 1.56. The van der Waals surface area contributed by atoms with Gasteiger partial charge in [-0.3, -0.25) is 19.9 Å². The van der Waals surface area contributed by atoms with E-state index in [4.69, 9.17) is 5.73 Å². The van der Waals surface area contributed by atoms with Crippen LogP contribution < -0.4 is 16.4 Å². The number of nitrogens with zero attached hydrogens (tertiary/aromatic N) is 2. The summed E-state index contributed by atoms with van der Waals surface area (Å²) in [4.78, 5) is 42.8. The Balaban J connectivity index is 1.70. The van der Waals surface area contributed by atoms with Gasteiger partial charge in [0.15, 0.2) is 5.54 Å². The molecule has 2 heterocycles. The first-order valence-corrected chi connectivity index (χ1v) is 8.88. The topological polar surface area (TPSA) is 117 Å². The predicted octanol–water partition coefficient (Wildman–Crippen LogP) is 0.851. The summed E-state index contributed by atoms with van der Waals surface area (Å²) in [5.41, 5.74) is 6.41. The first-order chi connectivity index (χ1) is 13.8. The van der Waals surface area contributed by atoms with Crippen LogP contribution in [0.5, 0.6) is 0 Å². The molecule has 4 rings (SSSR count). The van der Waals surface area contributed by atoms with Gasteiger partial charge in [-0.05, 0) is 23.3 Å². The van der Waals surface area contributed by atoms with Gasteiger partial charge < -0.3 is 16.0 Å². The van der Waals surface area contributed by atoms with Crippen LogP contribution in [0.15, 0.2) is 47.5 Å². The fourth-order valence-corrected chi connectivity index (χ4v) is 3.70. The van der Waals surface area contributed by atoms with Crippen molar-refractivity contribution in [3.63, 3.8) is 0 Å². The van der Waals surface area contributed by atoms with E-state index in [1.165, 1.54) is 17.0 Å². The van der Waals surface area contributed by atoms with Gasteiger partial charge in [0.1, 0.15) is 11.7 Å². The van der Waals surface area contributed by atoms with Crippen molar-refractivity contribution in [3.05, 3.63) is 70.5 Å². The number of amidine groups is 1. The molecule has 0 radical (unpaired) electrons. The first-order valence-electron chi connectivity index (χ1n) is 8.88. The summed E-state index contributed by atoms with van der Waals surface area (Å²) in [5.74, 6) is -1.14. The Bertz CT molecular complexity index is 1070. The van der Waals surface area contributed by atoms with Crippen molar-refractivity contribution in [2.75, 3.05) is 13.6 Å². The summed E-state index contributed by atoms with van der Waals surface area (Å²) >= 11 is 0. The highest BCUT2D eigenvalue weighted by Gasteiger charge is 2.50. The Morgan fingerprint density at radius 2 is 1.93 bits per heavy atom.